The van der Waals surface area contributed by atoms with E-state index >= 15 is 0 Å². The number of hydrogen-bond donors (Lipinski definition) is 2. The van der Waals surface area contributed by atoms with Crippen molar-refractivity contribution in [3.8, 4) is 0 Å². The summed E-state index contributed by atoms with van der Waals surface area (Å²) >= 11 is 0. The molecule has 1 rings (SSSR count). The SMILES string of the molecule is C[C@H]1CC(O)OC[C@H]1O. The summed E-state index contributed by atoms with van der Waals surface area (Å²) < 4.78 is 4.77. The van der Waals surface area contributed by atoms with Crippen LogP contribution in [0.25, 0.3) is 0 Å². The van der Waals surface area contributed by atoms with Crippen LogP contribution < -0.4 is 0 Å². The number of ether oxygens (including phenoxy) is 1. The zero-order valence-corrected chi connectivity index (χ0v) is 5.45. The molecule has 1 unspecified atom stereocenters. The Kier molecular flexibility index (Phi) is 2.05. The Morgan fingerprint density at radius 3 is 2.56 bits per heavy atom. The van der Waals surface area contributed by atoms with Crippen LogP contribution in [0.5, 0.6) is 0 Å². The van der Waals surface area contributed by atoms with Crippen molar-refractivity contribution in [2.75, 3.05) is 6.61 Å². The van der Waals surface area contributed by atoms with E-state index in [9.17, 15) is 0 Å². The molecule has 1 saturated heterocycles. The van der Waals surface area contributed by atoms with Gasteiger partial charge in [-0.25, -0.2) is 0 Å². The quantitative estimate of drug-likeness (QED) is 0.476. The lowest BCUT2D eigenvalue weighted by Gasteiger charge is -2.27. The Labute approximate surface area is 54.3 Å². The molecule has 0 radical (unpaired) electrons. The van der Waals surface area contributed by atoms with Crippen LogP contribution >= 0.6 is 0 Å². The molecular weight excluding hydrogens is 120 g/mol. The molecule has 9 heavy (non-hydrogen) atoms. The lowest BCUT2D eigenvalue weighted by atomic mass is 9.99. The molecule has 54 valence electrons. The fourth-order valence-electron chi connectivity index (χ4n) is 0.917. The molecule has 0 amide bonds. The van der Waals surface area contributed by atoms with E-state index in [0.29, 0.717) is 6.42 Å². The molecule has 3 nitrogen and oxygen atoms in total. The van der Waals surface area contributed by atoms with Gasteiger partial charge >= 0.3 is 0 Å². The largest absolute Gasteiger partial charge is 0.390 e. The smallest absolute Gasteiger partial charge is 0.155 e. The van der Waals surface area contributed by atoms with Gasteiger partial charge in [0.1, 0.15) is 0 Å². The van der Waals surface area contributed by atoms with E-state index in [4.69, 9.17) is 14.9 Å². The molecule has 0 aliphatic carbocycles. The Morgan fingerprint density at radius 1 is 1.44 bits per heavy atom. The summed E-state index contributed by atoms with van der Waals surface area (Å²) in [6, 6.07) is 0. The van der Waals surface area contributed by atoms with E-state index in [2.05, 4.69) is 0 Å². The van der Waals surface area contributed by atoms with Crippen molar-refractivity contribution in [3.63, 3.8) is 0 Å². The molecule has 1 fully saturated rings. The molecule has 1 heterocycles. The molecule has 0 aromatic carbocycles. The Morgan fingerprint density at radius 2 is 2.11 bits per heavy atom. The van der Waals surface area contributed by atoms with Gasteiger partial charge in [0.2, 0.25) is 0 Å². The molecule has 3 heteroatoms. The highest BCUT2D eigenvalue weighted by Gasteiger charge is 2.24. The average Bonchev–Trinajstić information content (AvgIpc) is 1.80. The van der Waals surface area contributed by atoms with Gasteiger partial charge in [0.25, 0.3) is 0 Å². The third-order valence-corrected chi connectivity index (χ3v) is 1.69. The van der Waals surface area contributed by atoms with Crippen LogP contribution in [0.15, 0.2) is 0 Å². The molecule has 0 saturated carbocycles. The Hall–Kier alpha value is -0.120. The van der Waals surface area contributed by atoms with Crippen LogP contribution in [0, 0.1) is 5.92 Å². The summed E-state index contributed by atoms with van der Waals surface area (Å²) in [5.74, 6) is 0.161. The fraction of sp³-hybridized carbons (Fsp3) is 1.00. The normalized spacial score (nSPS) is 45.0. The van der Waals surface area contributed by atoms with E-state index in [1.54, 1.807) is 0 Å². The van der Waals surface area contributed by atoms with Crippen molar-refractivity contribution < 1.29 is 14.9 Å². The van der Waals surface area contributed by atoms with Gasteiger partial charge in [-0.05, 0) is 5.92 Å². The highest BCUT2D eigenvalue weighted by Crippen LogP contribution is 2.17. The van der Waals surface area contributed by atoms with E-state index in [-0.39, 0.29) is 12.5 Å². The monoisotopic (exact) mass is 132 g/mol. The van der Waals surface area contributed by atoms with E-state index in [1.807, 2.05) is 6.92 Å². The second kappa shape index (κ2) is 2.64. The van der Waals surface area contributed by atoms with Crippen LogP contribution in [0.3, 0.4) is 0 Å². The summed E-state index contributed by atoms with van der Waals surface area (Å²) in [5.41, 5.74) is 0. The number of rotatable bonds is 0. The maximum Gasteiger partial charge on any atom is 0.155 e. The Balaban J connectivity index is 2.35. The second-order valence-corrected chi connectivity index (χ2v) is 2.57. The van der Waals surface area contributed by atoms with E-state index in [1.165, 1.54) is 0 Å². The van der Waals surface area contributed by atoms with E-state index < -0.39 is 12.4 Å². The second-order valence-electron chi connectivity index (χ2n) is 2.57. The minimum absolute atomic E-state index is 0.161. The first-order valence-corrected chi connectivity index (χ1v) is 3.18. The van der Waals surface area contributed by atoms with Crippen LogP contribution in [0.1, 0.15) is 13.3 Å². The van der Waals surface area contributed by atoms with Gasteiger partial charge in [-0.15, -0.1) is 0 Å². The summed E-state index contributed by atoms with van der Waals surface area (Å²) in [7, 11) is 0. The molecular formula is C6H12O3. The number of aliphatic hydroxyl groups is 2. The van der Waals surface area contributed by atoms with Crippen LogP contribution in [0.2, 0.25) is 0 Å². The fourth-order valence-corrected chi connectivity index (χ4v) is 0.917. The van der Waals surface area contributed by atoms with Gasteiger partial charge in [0, 0.05) is 6.42 Å². The minimum Gasteiger partial charge on any atom is -0.390 e. The zero-order valence-electron chi connectivity index (χ0n) is 5.45. The van der Waals surface area contributed by atoms with Crippen LogP contribution in [-0.2, 0) is 4.74 Å². The molecule has 0 aromatic rings. The minimum atomic E-state index is -0.664. The molecule has 0 aromatic heterocycles. The first kappa shape index (κ1) is 6.99. The zero-order chi connectivity index (χ0) is 6.85. The molecule has 0 spiro atoms. The van der Waals surface area contributed by atoms with Crippen LogP contribution in [0.4, 0.5) is 0 Å². The molecule has 1 aliphatic heterocycles. The van der Waals surface area contributed by atoms with Crippen molar-refractivity contribution >= 4 is 0 Å². The van der Waals surface area contributed by atoms with Gasteiger partial charge < -0.3 is 14.9 Å². The lowest BCUT2D eigenvalue weighted by Crippen LogP contribution is -2.35. The highest BCUT2D eigenvalue weighted by molar-refractivity contribution is 4.69. The van der Waals surface area contributed by atoms with Gasteiger partial charge in [0.05, 0.1) is 12.7 Å². The molecule has 1 aliphatic rings. The lowest BCUT2D eigenvalue weighted by molar-refractivity contribution is -0.173. The third-order valence-electron chi connectivity index (χ3n) is 1.69. The van der Waals surface area contributed by atoms with Crippen molar-refractivity contribution in [3.05, 3.63) is 0 Å². The highest BCUT2D eigenvalue weighted by atomic mass is 16.6. The van der Waals surface area contributed by atoms with Gasteiger partial charge in [-0.2, -0.15) is 0 Å². The first-order chi connectivity index (χ1) is 4.20. The van der Waals surface area contributed by atoms with Gasteiger partial charge in [-0.3, -0.25) is 0 Å². The van der Waals surface area contributed by atoms with Crippen molar-refractivity contribution in [1.29, 1.82) is 0 Å². The van der Waals surface area contributed by atoms with Crippen molar-refractivity contribution in [2.24, 2.45) is 5.92 Å². The van der Waals surface area contributed by atoms with Gasteiger partial charge in [0.15, 0.2) is 6.29 Å². The molecule has 2 N–H and O–H groups in total. The van der Waals surface area contributed by atoms with Crippen molar-refractivity contribution in [2.45, 2.75) is 25.7 Å². The first-order valence-electron chi connectivity index (χ1n) is 3.18. The molecule has 0 bridgehead atoms. The average molecular weight is 132 g/mol. The summed E-state index contributed by atoms with van der Waals surface area (Å²) in [6.07, 6.45) is -0.516. The van der Waals surface area contributed by atoms with Gasteiger partial charge in [-0.1, -0.05) is 6.92 Å². The standard InChI is InChI=1S/C6H12O3/c1-4-2-6(8)9-3-5(4)7/h4-8H,2-3H2,1H3/t4-,5+,6?/m0/s1. The van der Waals surface area contributed by atoms with Crippen LogP contribution in [-0.4, -0.2) is 29.2 Å². The predicted octanol–water partition coefficient (Wildman–Crippen LogP) is -0.278. The maximum atomic E-state index is 9.06. The maximum absolute atomic E-state index is 9.06. The summed E-state index contributed by atoms with van der Waals surface area (Å²) in [6.45, 7) is 2.17. The third kappa shape index (κ3) is 1.64. The van der Waals surface area contributed by atoms with E-state index in [0.717, 1.165) is 0 Å². The Bertz CT molecular complexity index is 94.3. The summed E-state index contributed by atoms with van der Waals surface area (Å²) in [4.78, 5) is 0. The van der Waals surface area contributed by atoms with Crippen molar-refractivity contribution in [1.82, 2.24) is 0 Å². The predicted molar refractivity (Wildman–Crippen MR) is 31.7 cm³/mol. The number of hydrogen-bond acceptors (Lipinski definition) is 3. The molecule has 3 atom stereocenters. The summed E-state index contributed by atoms with van der Waals surface area (Å²) in [5, 5.41) is 17.9. The number of aliphatic hydroxyl groups excluding tert-OH is 2. The topological polar surface area (TPSA) is 49.7 Å².